The quantitative estimate of drug-likeness (QED) is 0.388. The molecule has 2 aliphatic heterocycles. The minimum atomic E-state index is -0.485. The summed E-state index contributed by atoms with van der Waals surface area (Å²) >= 11 is 1.60. The van der Waals surface area contributed by atoms with Gasteiger partial charge >= 0.3 is 0 Å². The predicted molar refractivity (Wildman–Crippen MR) is 151 cm³/mol. The van der Waals surface area contributed by atoms with Crippen LogP contribution in [0.2, 0.25) is 0 Å². The van der Waals surface area contributed by atoms with Crippen LogP contribution in [-0.4, -0.2) is 41.2 Å². The average molecular weight is 516 g/mol. The zero-order valence-electron chi connectivity index (χ0n) is 22.0. The summed E-state index contributed by atoms with van der Waals surface area (Å²) < 4.78 is 0. The molecule has 0 unspecified atom stereocenters. The molecule has 2 aliphatic rings. The lowest BCUT2D eigenvalue weighted by Crippen LogP contribution is -2.47. The van der Waals surface area contributed by atoms with Crippen molar-refractivity contribution in [3.05, 3.63) is 87.6 Å². The lowest BCUT2D eigenvalue weighted by Gasteiger charge is -2.42. The van der Waals surface area contributed by atoms with Crippen LogP contribution in [0, 0.1) is 11.8 Å². The molecule has 0 saturated carbocycles. The van der Waals surface area contributed by atoms with E-state index in [9.17, 15) is 9.59 Å². The number of carbonyl (C=O) groups excluding carboxylic acids is 2. The smallest absolute Gasteiger partial charge is 0.254 e. The van der Waals surface area contributed by atoms with Gasteiger partial charge in [-0.2, -0.15) is 0 Å². The molecular weight excluding hydrogens is 478 g/mol. The molecule has 3 aromatic rings. The second-order valence-electron chi connectivity index (χ2n) is 11.0. The van der Waals surface area contributed by atoms with Crippen LogP contribution in [0.5, 0.6) is 0 Å². The van der Waals surface area contributed by atoms with Crippen molar-refractivity contribution in [3.63, 3.8) is 0 Å². The van der Waals surface area contributed by atoms with Crippen LogP contribution in [-0.2, 0) is 11.3 Å². The maximum atomic E-state index is 14.0. The Balaban J connectivity index is 1.40. The van der Waals surface area contributed by atoms with Gasteiger partial charge in [0, 0.05) is 29.2 Å². The molecule has 5 rings (SSSR count). The first-order valence-corrected chi connectivity index (χ1v) is 14.3. The number of carbonyl (C=O) groups is 2. The number of fused-ring (bicyclic) bond motifs is 1. The highest BCUT2D eigenvalue weighted by Gasteiger charge is 2.44. The van der Waals surface area contributed by atoms with Gasteiger partial charge < -0.3 is 10.2 Å². The number of likely N-dealkylation sites (tertiary alicyclic amines) is 1. The maximum absolute atomic E-state index is 14.0. The highest BCUT2D eigenvalue weighted by Crippen LogP contribution is 2.45. The SMILES string of the molecule is CC(C)CN1C(=O)c2ccccc2[C@@H](C(=O)Nc2ccc(CN3CCC(C)CC3)cc2)[C@@H]1c1cccs1. The molecule has 37 heavy (non-hydrogen) atoms. The van der Waals surface area contributed by atoms with Crippen molar-refractivity contribution in [2.24, 2.45) is 11.8 Å². The fraction of sp³-hybridized carbons (Fsp3) is 0.419. The fourth-order valence-electron chi connectivity index (χ4n) is 5.64. The van der Waals surface area contributed by atoms with Gasteiger partial charge in [-0.3, -0.25) is 14.5 Å². The number of thiophene rings is 1. The molecule has 1 saturated heterocycles. The van der Waals surface area contributed by atoms with Crippen molar-refractivity contribution in [2.75, 3.05) is 25.0 Å². The lowest BCUT2D eigenvalue weighted by molar-refractivity contribution is -0.119. The molecule has 1 fully saturated rings. The fourth-order valence-corrected chi connectivity index (χ4v) is 6.51. The third-order valence-electron chi connectivity index (χ3n) is 7.62. The Labute approximate surface area is 224 Å². The zero-order chi connectivity index (χ0) is 25.9. The number of benzene rings is 2. The van der Waals surface area contributed by atoms with E-state index in [2.05, 4.69) is 43.1 Å². The van der Waals surface area contributed by atoms with Crippen molar-refractivity contribution in [1.29, 1.82) is 0 Å². The standard InChI is InChI=1S/C31H37N3O2S/c1-21(2)19-34-29(27-9-6-18-37-27)28(25-7-4-5-8-26(25)31(34)36)30(35)32-24-12-10-23(11-13-24)20-33-16-14-22(3)15-17-33/h4-13,18,21-22,28-29H,14-17,19-20H2,1-3H3,(H,32,35)/t28-,29+/m1/s1. The molecule has 194 valence electrons. The number of piperidine rings is 1. The highest BCUT2D eigenvalue weighted by atomic mass is 32.1. The van der Waals surface area contributed by atoms with E-state index in [4.69, 9.17) is 0 Å². The zero-order valence-corrected chi connectivity index (χ0v) is 22.8. The molecule has 0 spiro atoms. The number of hydrogen-bond donors (Lipinski definition) is 1. The van der Waals surface area contributed by atoms with Gasteiger partial charge in [-0.25, -0.2) is 0 Å². The first-order valence-electron chi connectivity index (χ1n) is 13.5. The maximum Gasteiger partial charge on any atom is 0.254 e. The summed E-state index contributed by atoms with van der Waals surface area (Å²) in [6.07, 6.45) is 2.53. The topological polar surface area (TPSA) is 52.7 Å². The summed E-state index contributed by atoms with van der Waals surface area (Å²) in [5, 5.41) is 5.20. The van der Waals surface area contributed by atoms with Gasteiger partial charge in [-0.15, -0.1) is 11.3 Å². The second-order valence-corrected chi connectivity index (χ2v) is 12.0. The van der Waals surface area contributed by atoms with Crippen LogP contribution in [0.4, 0.5) is 5.69 Å². The Hall–Kier alpha value is -2.96. The average Bonchev–Trinajstić information content (AvgIpc) is 3.42. The Kier molecular flexibility index (Phi) is 7.77. The second kappa shape index (κ2) is 11.2. The lowest BCUT2D eigenvalue weighted by atomic mass is 9.81. The van der Waals surface area contributed by atoms with Crippen LogP contribution < -0.4 is 5.32 Å². The van der Waals surface area contributed by atoms with Crippen LogP contribution in [0.3, 0.4) is 0 Å². The number of nitrogens with one attached hydrogen (secondary N) is 1. The first kappa shape index (κ1) is 25.7. The van der Waals surface area contributed by atoms with E-state index < -0.39 is 5.92 Å². The van der Waals surface area contributed by atoms with Crippen LogP contribution in [0.25, 0.3) is 0 Å². The molecule has 0 radical (unpaired) electrons. The van der Waals surface area contributed by atoms with E-state index in [1.54, 1.807) is 11.3 Å². The van der Waals surface area contributed by atoms with E-state index in [1.807, 2.05) is 58.8 Å². The summed E-state index contributed by atoms with van der Waals surface area (Å²) in [4.78, 5) is 33.0. The Morgan fingerprint density at radius 1 is 1.03 bits per heavy atom. The van der Waals surface area contributed by atoms with E-state index in [0.717, 1.165) is 41.7 Å². The Morgan fingerprint density at radius 3 is 2.43 bits per heavy atom. The monoisotopic (exact) mass is 515 g/mol. The molecule has 6 heteroatoms. The van der Waals surface area contributed by atoms with E-state index in [0.29, 0.717) is 12.1 Å². The molecule has 2 atom stereocenters. The molecule has 3 heterocycles. The molecule has 0 aliphatic carbocycles. The summed E-state index contributed by atoms with van der Waals surface area (Å²) in [5.41, 5.74) is 3.48. The molecule has 1 aromatic heterocycles. The number of nitrogens with zero attached hydrogens (tertiary/aromatic N) is 2. The van der Waals surface area contributed by atoms with E-state index in [-0.39, 0.29) is 23.8 Å². The van der Waals surface area contributed by atoms with Crippen molar-refractivity contribution >= 4 is 28.8 Å². The van der Waals surface area contributed by atoms with Gasteiger partial charge in [-0.05, 0) is 78.5 Å². The van der Waals surface area contributed by atoms with E-state index >= 15 is 0 Å². The summed E-state index contributed by atoms with van der Waals surface area (Å²) in [6.45, 7) is 10.4. The summed E-state index contributed by atoms with van der Waals surface area (Å²) in [7, 11) is 0. The third-order valence-corrected chi connectivity index (χ3v) is 8.56. The van der Waals surface area contributed by atoms with Crippen molar-refractivity contribution in [1.82, 2.24) is 9.80 Å². The number of amides is 2. The number of hydrogen-bond acceptors (Lipinski definition) is 4. The first-order chi connectivity index (χ1) is 17.9. The number of anilines is 1. The number of rotatable bonds is 7. The molecule has 1 N–H and O–H groups in total. The molecular formula is C31H37N3O2S. The summed E-state index contributed by atoms with van der Waals surface area (Å²) in [6, 6.07) is 19.6. The van der Waals surface area contributed by atoms with Crippen LogP contribution >= 0.6 is 11.3 Å². The van der Waals surface area contributed by atoms with Gasteiger partial charge in [-0.1, -0.05) is 57.2 Å². The Bertz CT molecular complexity index is 1210. The van der Waals surface area contributed by atoms with Crippen molar-refractivity contribution in [3.8, 4) is 0 Å². The molecule has 0 bridgehead atoms. The third kappa shape index (κ3) is 5.65. The molecule has 2 aromatic carbocycles. The molecule has 5 nitrogen and oxygen atoms in total. The van der Waals surface area contributed by atoms with Gasteiger partial charge in [0.05, 0.1) is 12.0 Å². The minimum Gasteiger partial charge on any atom is -0.329 e. The van der Waals surface area contributed by atoms with Crippen LogP contribution in [0.15, 0.2) is 66.0 Å². The van der Waals surface area contributed by atoms with Gasteiger partial charge in [0.15, 0.2) is 0 Å². The normalized spacial score (nSPS) is 20.8. The van der Waals surface area contributed by atoms with Crippen LogP contribution in [0.1, 0.15) is 71.9 Å². The van der Waals surface area contributed by atoms with Crippen molar-refractivity contribution < 1.29 is 9.59 Å². The van der Waals surface area contributed by atoms with Gasteiger partial charge in [0.2, 0.25) is 5.91 Å². The predicted octanol–water partition coefficient (Wildman–Crippen LogP) is 6.56. The molecule has 2 amide bonds. The van der Waals surface area contributed by atoms with E-state index in [1.165, 1.54) is 18.4 Å². The highest BCUT2D eigenvalue weighted by molar-refractivity contribution is 7.10. The van der Waals surface area contributed by atoms with Gasteiger partial charge in [0.1, 0.15) is 0 Å². The van der Waals surface area contributed by atoms with Crippen molar-refractivity contribution in [2.45, 2.75) is 52.1 Å². The largest absolute Gasteiger partial charge is 0.329 e. The summed E-state index contributed by atoms with van der Waals surface area (Å²) in [5.74, 6) is 0.550. The Morgan fingerprint density at radius 2 is 1.76 bits per heavy atom. The minimum absolute atomic E-state index is 0.00297. The van der Waals surface area contributed by atoms with Gasteiger partial charge in [0.25, 0.3) is 5.91 Å².